The maximum Gasteiger partial charge on any atom is 0.418 e. The summed E-state index contributed by atoms with van der Waals surface area (Å²) in [5.41, 5.74) is -0.965. The number of nitrogens with zero attached hydrogens (tertiary/aromatic N) is 3. The van der Waals surface area contributed by atoms with Gasteiger partial charge in [-0.05, 0) is 49.8 Å². The first-order valence-electron chi connectivity index (χ1n) is 11.0. The van der Waals surface area contributed by atoms with Crippen LogP contribution in [0.4, 0.5) is 13.2 Å². The first-order valence-corrected chi connectivity index (χ1v) is 12.8. The molecule has 0 unspecified atom stereocenters. The Morgan fingerprint density at radius 1 is 1.09 bits per heavy atom. The summed E-state index contributed by atoms with van der Waals surface area (Å²) < 4.78 is 42.5. The number of fused-ring (bicyclic) bond motifs is 3. The molecule has 1 saturated heterocycles. The number of alkyl halides is 3. The van der Waals surface area contributed by atoms with Crippen molar-refractivity contribution in [1.29, 1.82) is 0 Å². The second-order valence-corrected chi connectivity index (χ2v) is 10.3. The Balaban J connectivity index is 1.66. The van der Waals surface area contributed by atoms with Gasteiger partial charge in [0.2, 0.25) is 11.8 Å². The number of thiophene rings is 1. The lowest BCUT2D eigenvalue weighted by molar-refractivity contribution is -0.140. The predicted molar refractivity (Wildman–Crippen MR) is 124 cm³/mol. The smallest absolute Gasteiger partial charge is 0.282 e. The summed E-state index contributed by atoms with van der Waals surface area (Å²) in [5.74, 6) is -0.911. The number of hydrogen-bond acceptors (Lipinski definition) is 6. The molecular weight excluding hydrogens is 487 g/mol. The monoisotopic (exact) mass is 507 g/mol. The molecule has 34 heavy (non-hydrogen) atoms. The van der Waals surface area contributed by atoms with Crippen LogP contribution in [0.25, 0.3) is 15.9 Å². The van der Waals surface area contributed by atoms with Crippen LogP contribution in [0, 0.1) is 0 Å². The standard InChI is InChI=1S/C23H20F3N3O3S2/c24-23(25,26)14-7-2-3-8-15(14)29-21(32)19-13-6-1-4-9-16(13)34-20(19)27-22(29)33-12-18(31)28-11-5-10-17(28)30/h2-3,7-8H,1,4-6,9-12H2. The van der Waals surface area contributed by atoms with E-state index >= 15 is 0 Å². The fourth-order valence-electron chi connectivity index (χ4n) is 4.52. The molecule has 0 atom stereocenters. The summed E-state index contributed by atoms with van der Waals surface area (Å²) in [4.78, 5) is 45.5. The minimum atomic E-state index is -4.68. The summed E-state index contributed by atoms with van der Waals surface area (Å²) in [6.45, 7) is 0.325. The highest BCUT2D eigenvalue weighted by Crippen LogP contribution is 2.38. The van der Waals surface area contributed by atoms with Gasteiger partial charge in [-0.15, -0.1) is 11.3 Å². The van der Waals surface area contributed by atoms with Crippen molar-refractivity contribution >= 4 is 45.1 Å². The van der Waals surface area contributed by atoms with Gasteiger partial charge in [0, 0.05) is 17.8 Å². The Morgan fingerprint density at radius 2 is 1.85 bits per heavy atom. The highest BCUT2D eigenvalue weighted by Gasteiger charge is 2.35. The van der Waals surface area contributed by atoms with E-state index in [1.165, 1.54) is 29.5 Å². The molecule has 6 nitrogen and oxygen atoms in total. The number of para-hydroxylation sites is 1. The van der Waals surface area contributed by atoms with Gasteiger partial charge in [-0.3, -0.25) is 23.9 Å². The average molecular weight is 508 g/mol. The number of carbonyl (C=O) groups excluding carboxylic acids is 2. The SMILES string of the molecule is O=C1CCCN1C(=O)CSc1nc2sc3c(c2c(=O)n1-c1ccccc1C(F)(F)F)CCCC3. The lowest BCUT2D eigenvalue weighted by Gasteiger charge is -2.18. The second kappa shape index (κ2) is 8.84. The summed E-state index contributed by atoms with van der Waals surface area (Å²) in [6, 6.07) is 4.88. The van der Waals surface area contributed by atoms with Gasteiger partial charge in [0.25, 0.3) is 5.56 Å². The van der Waals surface area contributed by atoms with Gasteiger partial charge in [-0.25, -0.2) is 4.98 Å². The van der Waals surface area contributed by atoms with Crippen LogP contribution in [0.1, 0.15) is 41.7 Å². The molecule has 5 rings (SSSR count). The second-order valence-electron chi connectivity index (χ2n) is 8.27. The Bertz CT molecular complexity index is 1360. The third-order valence-corrected chi connectivity index (χ3v) is 8.22. The number of likely N-dealkylation sites (tertiary alicyclic amines) is 1. The summed E-state index contributed by atoms with van der Waals surface area (Å²) in [6.07, 6.45) is -0.396. The Kier molecular flexibility index (Phi) is 6.01. The third kappa shape index (κ3) is 4.04. The van der Waals surface area contributed by atoms with Gasteiger partial charge >= 0.3 is 6.18 Å². The van der Waals surface area contributed by atoms with Crippen LogP contribution < -0.4 is 5.56 Å². The number of rotatable bonds is 4. The largest absolute Gasteiger partial charge is 0.418 e. The van der Waals surface area contributed by atoms with Gasteiger partial charge in [0.15, 0.2) is 5.16 Å². The number of halogens is 3. The average Bonchev–Trinajstić information content (AvgIpc) is 3.40. The van der Waals surface area contributed by atoms with Crippen LogP contribution in [-0.4, -0.2) is 38.6 Å². The van der Waals surface area contributed by atoms with Crippen molar-refractivity contribution in [2.75, 3.05) is 12.3 Å². The number of imide groups is 1. The molecule has 0 spiro atoms. The van der Waals surface area contributed by atoms with Crippen molar-refractivity contribution in [2.24, 2.45) is 0 Å². The molecule has 3 aromatic rings. The Labute approximate surface area is 200 Å². The van der Waals surface area contributed by atoms with E-state index in [1.807, 2.05) is 0 Å². The molecule has 1 aliphatic heterocycles. The quantitative estimate of drug-likeness (QED) is 0.382. The van der Waals surface area contributed by atoms with E-state index in [1.54, 1.807) is 0 Å². The number of amides is 2. The van der Waals surface area contributed by atoms with Crippen LogP contribution in [0.5, 0.6) is 0 Å². The molecule has 1 fully saturated rings. The van der Waals surface area contributed by atoms with E-state index in [0.717, 1.165) is 57.0 Å². The van der Waals surface area contributed by atoms with Crippen LogP contribution in [0.2, 0.25) is 0 Å². The first-order chi connectivity index (χ1) is 16.3. The summed E-state index contributed by atoms with van der Waals surface area (Å²) in [5, 5.41) is 0.370. The summed E-state index contributed by atoms with van der Waals surface area (Å²) in [7, 11) is 0. The fourth-order valence-corrected chi connectivity index (χ4v) is 6.70. The molecule has 1 aromatic carbocycles. The lowest BCUT2D eigenvalue weighted by Crippen LogP contribution is -2.33. The Morgan fingerprint density at radius 3 is 2.59 bits per heavy atom. The van der Waals surface area contributed by atoms with Gasteiger partial charge in [-0.1, -0.05) is 23.9 Å². The zero-order valence-electron chi connectivity index (χ0n) is 18.0. The summed E-state index contributed by atoms with van der Waals surface area (Å²) >= 11 is 2.27. The number of aromatic nitrogens is 2. The molecule has 2 aromatic heterocycles. The maximum atomic E-state index is 13.8. The van der Waals surface area contributed by atoms with E-state index in [4.69, 9.17) is 0 Å². The predicted octanol–water partition coefficient (Wildman–Crippen LogP) is 4.59. The van der Waals surface area contributed by atoms with E-state index < -0.39 is 23.2 Å². The fraction of sp³-hybridized carbons (Fsp3) is 0.391. The molecule has 0 radical (unpaired) electrons. The normalized spacial score (nSPS) is 16.3. The van der Waals surface area contributed by atoms with E-state index in [9.17, 15) is 27.6 Å². The van der Waals surface area contributed by atoms with E-state index in [0.29, 0.717) is 36.0 Å². The maximum absolute atomic E-state index is 13.8. The molecule has 2 aliphatic rings. The van der Waals surface area contributed by atoms with Crippen molar-refractivity contribution < 1.29 is 22.8 Å². The molecule has 178 valence electrons. The van der Waals surface area contributed by atoms with Gasteiger partial charge < -0.3 is 0 Å². The van der Waals surface area contributed by atoms with Gasteiger partial charge in [0.1, 0.15) is 4.83 Å². The molecule has 2 amide bonds. The van der Waals surface area contributed by atoms with Gasteiger partial charge in [0.05, 0.1) is 22.4 Å². The first kappa shape index (κ1) is 23.1. The van der Waals surface area contributed by atoms with Crippen LogP contribution in [0.3, 0.4) is 0 Å². The molecule has 0 N–H and O–H groups in total. The van der Waals surface area contributed by atoms with Crippen molar-refractivity contribution in [3.8, 4) is 5.69 Å². The topological polar surface area (TPSA) is 72.3 Å². The van der Waals surface area contributed by atoms with Crippen LogP contribution >= 0.6 is 23.1 Å². The van der Waals surface area contributed by atoms with Crippen LogP contribution in [0.15, 0.2) is 34.2 Å². The molecule has 1 aliphatic carbocycles. The van der Waals surface area contributed by atoms with Crippen LogP contribution in [-0.2, 0) is 28.6 Å². The number of aryl methyl sites for hydroxylation is 2. The number of hydrogen-bond donors (Lipinski definition) is 0. The molecule has 11 heteroatoms. The minimum Gasteiger partial charge on any atom is -0.282 e. The number of benzene rings is 1. The Hall–Kier alpha value is -2.66. The highest BCUT2D eigenvalue weighted by atomic mass is 32.2. The number of carbonyl (C=O) groups is 2. The molecule has 3 heterocycles. The highest BCUT2D eigenvalue weighted by molar-refractivity contribution is 7.99. The van der Waals surface area contributed by atoms with Crippen molar-refractivity contribution in [2.45, 2.75) is 49.9 Å². The van der Waals surface area contributed by atoms with E-state index in [2.05, 4.69) is 4.98 Å². The lowest BCUT2D eigenvalue weighted by atomic mass is 9.97. The van der Waals surface area contributed by atoms with Crippen molar-refractivity contribution in [3.63, 3.8) is 0 Å². The van der Waals surface area contributed by atoms with Crippen molar-refractivity contribution in [3.05, 3.63) is 50.6 Å². The zero-order valence-corrected chi connectivity index (χ0v) is 19.6. The minimum absolute atomic E-state index is 0.00722. The molecule has 0 bridgehead atoms. The van der Waals surface area contributed by atoms with E-state index in [-0.39, 0.29) is 22.5 Å². The molecular formula is C23H20F3N3O3S2. The zero-order chi connectivity index (χ0) is 24.0. The van der Waals surface area contributed by atoms with Gasteiger partial charge in [-0.2, -0.15) is 13.2 Å². The number of thioether (sulfide) groups is 1. The molecule has 0 saturated carbocycles. The third-order valence-electron chi connectivity index (χ3n) is 6.11. The van der Waals surface area contributed by atoms with Crippen molar-refractivity contribution in [1.82, 2.24) is 14.5 Å².